The zero-order chi connectivity index (χ0) is 7.56. The maximum Gasteiger partial charge on any atom is 0.306 e. The van der Waals surface area contributed by atoms with Crippen LogP contribution in [0.1, 0.15) is 26.7 Å². The monoisotopic (exact) mass is 140 g/mol. The second-order valence-electron chi connectivity index (χ2n) is 2.81. The molecule has 0 saturated carbocycles. The van der Waals surface area contributed by atoms with Crippen LogP contribution in [0.3, 0.4) is 0 Å². The fourth-order valence-electron chi connectivity index (χ4n) is 1.04. The van der Waals surface area contributed by atoms with Crippen molar-refractivity contribution in [2.24, 2.45) is 0 Å². The molecule has 0 spiro atoms. The van der Waals surface area contributed by atoms with Gasteiger partial charge < -0.3 is 4.74 Å². The van der Waals surface area contributed by atoms with E-state index in [0.717, 1.165) is 6.42 Å². The summed E-state index contributed by atoms with van der Waals surface area (Å²) < 4.78 is 4.96. The smallest absolute Gasteiger partial charge is 0.306 e. The molecular weight excluding hydrogens is 128 g/mol. The van der Waals surface area contributed by atoms with Crippen LogP contribution in [0.25, 0.3) is 0 Å². The van der Waals surface area contributed by atoms with Crippen molar-refractivity contribution in [3.05, 3.63) is 11.6 Å². The van der Waals surface area contributed by atoms with Crippen LogP contribution < -0.4 is 0 Å². The predicted molar refractivity (Wildman–Crippen MR) is 38.5 cm³/mol. The van der Waals surface area contributed by atoms with Gasteiger partial charge in [-0.05, 0) is 26.3 Å². The molecule has 0 aromatic heterocycles. The highest BCUT2D eigenvalue weighted by Gasteiger charge is 2.20. The molecule has 0 radical (unpaired) electrons. The highest BCUT2D eigenvalue weighted by molar-refractivity contribution is 5.71. The number of hydrogen-bond donors (Lipinski definition) is 0. The third-order valence-corrected chi connectivity index (χ3v) is 1.44. The van der Waals surface area contributed by atoms with Crippen molar-refractivity contribution in [2.75, 3.05) is 0 Å². The van der Waals surface area contributed by atoms with E-state index in [1.807, 2.05) is 19.9 Å². The Hall–Kier alpha value is -0.790. The first-order chi connectivity index (χ1) is 4.68. The number of ether oxygens (including phenoxy) is 1. The van der Waals surface area contributed by atoms with Gasteiger partial charge in [-0.15, -0.1) is 0 Å². The lowest BCUT2D eigenvalue weighted by Crippen LogP contribution is -2.02. The van der Waals surface area contributed by atoms with Gasteiger partial charge in [-0.3, -0.25) is 4.79 Å². The van der Waals surface area contributed by atoms with E-state index in [1.165, 1.54) is 5.57 Å². The number of cyclic esters (lactones) is 1. The average Bonchev–Trinajstić information content (AvgIpc) is 2.13. The predicted octanol–water partition coefficient (Wildman–Crippen LogP) is 1.66. The van der Waals surface area contributed by atoms with Crippen molar-refractivity contribution in [2.45, 2.75) is 32.8 Å². The Labute approximate surface area is 60.9 Å². The van der Waals surface area contributed by atoms with Crippen molar-refractivity contribution in [3.63, 3.8) is 0 Å². The maximum atomic E-state index is 10.6. The highest BCUT2D eigenvalue weighted by Crippen LogP contribution is 2.15. The van der Waals surface area contributed by atoms with Gasteiger partial charge >= 0.3 is 5.97 Å². The van der Waals surface area contributed by atoms with E-state index in [-0.39, 0.29) is 12.1 Å². The molecule has 2 nitrogen and oxygen atoms in total. The second kappa shape index (κ2) is 2.86. The molecule has 1 aliphatic heterocycles. The third-order valence-electron chi connectivity index (χ3n) is 1.44. The number of carbonyl (C=O) groups is 1. The lowest BCUT2D eigenvalue weighted by atomic mass is 10.2. The number of allylic oxidation sites excluding steroid dienone is 1. The zero-order valence-corrected chi connectivity index (χ0v) is 6.39. The fourth-order valence-corrected chi connectivity index (χ4v) is 1.04. The lowest BCUT2D eigenvalue weighted by Gasteiger charge is -2.01. The van der Waals surface area contributed by atoms with Gasteiger partial charge in [-0.25, -0.2) is 0 Å². The van der Waals surface area contributed by atoms with Crippen molar-refractivity contribution >= 4 is 5.97 Å². The van der Waals surface area contributed by atoms with Crippen molar-refractivity contribution in [3.8, 4) is 0 Å². The third kappa shape index (κ3) is 1.87. The van der Waals surface area contributed by atoms with Gasteiger partial charge in [0.05, 0.1) is 0 Å². The fraction of sp³-hybridized carbons (Fsp3) is 0.625. The molecule has 0 bridgehead atoms. The van der Waals surface area contributed by atoms with Gasteiger partial charge in [0.2, 0.25) is 0 Å². The molecule has 2 heteroatoms. The first kappa shape index (κ1) is 7.32. The molecule has 0 aliphatic carbocycles. The molecule has 0 amide bonds. The van der Waals surface area contributed by atoms with E-state index in [9.17, 15) is 4.79 Å². The van der Waals surface area contributed by atoms with Crippen LogP contribution in [-0.2, 0) is 9.53 Å². The zero-order valence-electron chi connectivity index (χ0n) is 6.39. The molecule has 10 heavy (non-hydrogen) atoms. The Bertz CT molecular complexity index is 166. The van der Waals surface area contributed by atoms with Crippen molar-refractivity contribution in [1.29, 1.82) is 0 Å². The van der Waals surface area contributed by atoms with E-state index in [4.69, 9.17) is 4.74 Å². The Kier molecular flexibility index (Phi) is 2.10. The molecule has 0 N–H and O–H groups in total. The van der Waals surface area contributed by atoms with Crippen LogP contribution in [-0.4, -0.2) is 12.1 Å². The molecule has 1 heterocycles. The van der Waals surface area contributed by atoms with Crippen LogP contribution in [0, 0.1) is 0 Å². The molecular formula is C8H12O2. The second-order valence-corrected chi connectivity index (χ2v) is 2.81. The molecule has 0 aromatic carbocycles. The number of carbonyl (C=O) groups excluding carboxylic acids is 1. The van der Waals surface area contributed by atoms with E-state index in [2.05, 4.69) is 0 Å². The highest BCUT2D eigenvalue weighted by atomic mass is 16.5. The van der Waals surface area contributed by atoms with E-state index >= 15 is 0 Å². The van der Waals surface area contributed by atoms with Crippen molar-refractivity contribution < 1.29 is 9.53 Å². The summed E-state index contributed by atoms with van der Waals surface area (Å²) >= 11 is 0. The summed E-state index contributed by atoms with van der Waals surface area (Å²) in [6.45, 7) is 4.01. The van der Waals surface area contributed by atoms with Gasteiger partial charge in [0.15, 0.2) is 0 Å². The Morgan fingerprint density at radius 2 is 2.40 bits per heavy atom. The Balaban J connectivity index is 2.46. The van der Waals surface area contributed by atoms with Gasteiger partial charge in [-0.1, -0.05) is 5.57 Å². The van der Waals surface area contributed by atoms with Crippen LogP contribution >= 0.6 is 0 Å². The Morgan fingerprint density at radius 3 is 2.80 bits per heavy atom. The summed E-state index contributed by atoms with van der Waals surface area (Å²) in [4.78, 5) is 10.6. The van der Waals surface area contributed by atoms with E-state index < -0.39 is 0 Å². The molecule has 1 unspecified atom stereocenters. The topological polar surface area (TPSA) is 26.3 Å². The lowest BCUT2D eigenvalue weighted by molar-refractivity contribution is -0.140. The van der Waals surface area contributed by atoms with Crippen LogP contribution in [0.2, 0.25) is 0 Å². The first-order valence-corrected chi connectivity index (χ1v) is 3.53. The van der Waals surface area contributed by atoms with Gasteiger partial charge in [0, 0.05) is 6.42 Å². The average molecular weight is 140 g/mol. The summed E-state index contributed by atoms with van der Waals surface area (Å²) in [7, 11) is 0. The minimum atomic E-state index is -0.0671. The molecule has 56 valence electrons. The molecule has 0 aromatic rings. The summed E-state index contributed by atoms with van der Waals surface area (Å²) in [6, 6.07) is 0. The summed E-state index contributed by atoms with van der Waals surface area (Å²) in [5.74, 6) is -0.0671. The summed E-state index contributed by atoms with van der Waals surface area (Å²) in [5, 5.41) is 0. The van der Waals surface area contributed by atoms with Crippen molar-refractivity contribution in [1.82, 2.24) is 0 Å². The maximum absolute atomic E-state index is 10.6. The van der Waals surface area contributed by atoms with E-state index in [1.54, 1.807) is 0 Å². The number of esters is 1. The molecule has 1 aliphatic rings. The largest absolute Gasteiger partial charge is 0.458 e. The minimum absolute atomic E-state index is 0.0532. The summed E-state index contributed by atoms with van der Waals surface area (Å²) in [5.41, 5.74) is 1.21. The number of rotatable bonds is 1. The molecule has 1 saturated heterocycles. The first-order valence-electron chi connectivity index (χ1n) is 3.53. The van der Waals surface area contributed by atoms with Gasteiger partial charge in [-0.2, -0.15) is 0 Å². The number of hydrogen-bond acceptors (Lipinski definition) is 2. The Morgan fingerprint density at radius 1 is 1.70 bits per heavy atom. The SMILES string of the molecule is CC(C)=CC1CCC(=O)O1. The van der Waals surface area contributed by atoms with Crippen LogP contribution in [0.5, 0.6) is 0 Å². The minimum Gasteiger partial charge on any atom is -0.458 e. The normalized spacial score (nSPS) is 24.2. The van der Waals surface area contributed by atoms with Crippen LogP contribution in [0.15, 0.2) is 11.6 Å². The van der Waals surface area contributed by atoms with Gasteiger partial charge in [0.1, 0.15) is 6.10 Å². The van der Waals surface area contributed by atoms with Crippen LogP contribution in [0.4, 0.5) is 0 Å². The molecule has 1 atom stereocenters. The molecule has 1 rings (SSSR count). The van der Waals surface area contributed by atoms with Gasteiger partial charge in [0.25, 0.3) is 0 Å². The standard InChI is InChI=1S/C8H12O2/c1-6(2)5-7-3-4-8(9)10-7/h5,7H,3-4H2,1-2H3. The molecule has 1 fully saturated rings. The quantitative estimate of drug-likeness (QED) is 0.409. The van der Waals surface area contributed by atoms with E-state index in [0.29, 0.717) is 6.42 Å². The summed E-state index contributed by atoms with van der Waals surface area (Å²) in [6.07, 6.45) is 3.47.